The summed E-state index contributed by atoms with van der Waals surface area (Å²) < 4.78 is 10.9. The third kappa shape index (κ3) is 6.91. The lowest BCUT2D eigenvalue weighted by Gasteiger charge is -2.50. The number of imidazole rings is 1. The number of carboxylic acids is 1. The Hall–Kier alpha value is -5.29. The van der Waals surface area contributed by atoms with E-state index in [1.54, 1.807) is 18.3 Å². The Morgan fingerprint density at radius 2 is 1.83 bits per heavy atom. The maximum absolute atomic E-state index is 14.5. The normalized spacial score (nSPS) is 30.4. The van der Waals surface area contributed by atoms with Crippen LogP contribution in [0.5, 0.6) is 17.2 Å². The van der Waals surface area contributed by atoms with Crippen LogP contribution < -0.4 is 9.64 Å². The summed E-state index contributed by atoms with van der Waals surface area (Å²) in [6.45, 7) is -0.874. The molecule has 4 aromatic rings. The van der Waals surface area contributed by atoms with Crippen LogP contribution in [0, 0.1) is 5.92 Å². The molecule has 3 aromatic carbocycles. The number of phenolic OH excluding ortho intramolecular Hbond substituents is 2. The van der Waals surface area contributed by atoms with Crippen LogP contribution in [0.3, 0.4) is 0 Å². The molecule has 0 bridgehead atoms. The van der Waals surface area contributed by atoms with E-state index in [4.69, 9.17) is 9.47 Å². The second kappa shape index (κ2) is 15.5. The number of anilines is 1. The quantitative estimate of drug-likeness (QED) is 0.0829. The number of aromatic nitrogens is 2. The van der Waals surface area contributed by atoms with Crippen molar-refractivity contribution in [1.82, 2.24) is 9.97 Å². The Bertz CT molecular complexity index is 2210. The van der Waals surface area contributed by atoms with Crippen LogP contribution in [0.2, 0.25) is 0 Å². The summed E-state index contributed by atoms with van der Waals surface area (Å²) in [6, 6.07) is 14.1. The lowest BCUT2D eigenvalue weighted by Crippen LogP contribution is -2.67. The number of carboxylic acid groups (broad SMARTS) is 1. The summed E-state index contributed by atoms with van der Waals surface area (Å²) in [5, 5.41) is 85.5. The molecular formula is C43H47N3O12. The van der Waals surface area contributed by atoms with Crippen molar-refractivity contribution in [3.63, 3.8) is 0 Å². The highest BCUT2D eigenvalue weighted by Crippen LogP contribution is 2.58. The minimum Gasteiger partial charge on any atom is -0.508 e. The molecule has 4 aliphatic rings. The molecule has 8 rings (SSSR count). The molecule has 0 unspecified atom stereocenters. The molecule has 2 fully saturated rings. The van der Waals surface area contributed by atoms with Crippen LogP contribution >= 0.6 is 0 Å². The van der Waals surface area contributed by atoms with Gasteiger partial charge >= 0.3 is 11.9 Å². The number of amides is 1. The fraction of sp³-hybridized carbons (Fsp3) is 0.419. The van der Waals surface area contributed by atoms with Crippen molar-refractivity contribution in [2.45, 2.75) is 99.1 Å². The van der Waals surface area contributed by atoms with Gasteiger partial charge in [-0.2, -0.15) is 0 Å². The van der Waals surface area contributed by atoms with Crippen molar-refractivity contribution in [2.75, 3.05) is 11.5 Å². The zero-order valence-corrected chi connectivity index (χ0v) is 31.5. The number of hydrogen-bond acceptors (Lipinski definition) is 12. The third-order valence-electron chi connectivity index (χ3n) is 12.7. The van der Waals surface area contributed by atoms with Crippen molar-refractivity contribution in [1.29, 1.82) is 0 Å². The number of aliphatic hydroxyl groups is 5. The number of nitrogens with one attached hydrogen (secondary N) is 1. The van der Waals surface area contributed by atoms with E-state index >= 15 is 0 Å². The number of rotatable bonds is 10. The maximum atomic E-state index is 14.5. The first kappa shape index (κ1) is 39.5. The van der Waals surface area contributed by atoms with Gasteiger partial charge in [0.15, 0.2) is 17.6 Å². The Kier molecular flexibility index (Phi) is 10.5. The van der Waals surface area contributed by atoms with Crippen LogP contribution in [0.1, 0.15) is 78.0 Å². The summed E-state index contributed by atoms with van der Waals surface area (Å²) in [4.78, 5) is 36.2. The standard InChI is InChI=1S/C43H47N3O12/c47-21-35-38(51)39(52)40(53)43(56,58-35)57-34-18-31-28(17-33(34)49)29(19-42-14-4-3-6-26(42)11-10-24-5-1-2-7-30(24)42)37(41(54)55)46(31)36(50)13-9-23-8-12-32(48)25(15-23)16-27-20-44-22-45-27/h1-2,5,7-9,12-13,15,17-18,20,22,26,29,35,37-40,47-49,51-53,56H,3-4,6,10-11,14,16,19,21H2,(H,44,45)(H,54,55)/b13-9+/t26-,29+,35-,37-,38-,39+,40-,42-,43+/m1/s1. The van der Waals surface area contributed by atoms with E-state index in [9.17, 15) is 50.4 Å². The predicted molar refractivity (Wildman–Crippen MR) is 207 cm³/mol. The number of carbonyl (C=O) groups excluding carboxylic acids is 1. The highest BCUT2D eigenvalue weighted by molar-refractivity contribution is 6.10. The van der Waals surface area contributed by atoms with Crippen molar-refractivity contribution in [3.05, 3.63) is 107 Å². The van der Waals surface area contributed by atoms with E-state index < -0.39 is 77.7 Å². The Balaban J connectivity index is 1.21. The number of phenols is 2. The second-order valence-corrected chi connectivity index (χ2v) is 15.9. The molecular weight excluding hydrogens is 750 g/mol. The topological polar surface area (TPSA) is 246 Å². The molecule has 9 N–H and O–H groups in total. The van der Waals surface area contributed by atoms with Crippen LogP contribution in [0.25, 0.3) is 6.08 Å². The van der Waals surface area contributed by atoms with Gasteiger partial charge in [-0.05, 0) is 90.0 Å². The molecule has 2 aliphatic heterocycles. The van der Waals surface area contributed by atoms with Crippen LogP contribution in [0.4, 0.5) is 5.69 Å². The monoisotopic (exact) mass is 797 g/mol. The van der Waals surface area contributed by atoms with E-state index in [1.165, 1.54) is 47.8 Å². The van der Waals surface area contributed by atoms with Gasteiger partial charge < -0.3 is 55.3 Å². The average molecular weight is 798 g/mol. The molecule has 306 valence electrons. The zero-order valence-electron chi connectivity index (χ0n) is 31.5. The number of ether oxygens (including phenoxy) is 2. The lowest BCUT2D eigenvalue weighted by atomic mass is 9.54. The summed E-state index contributed by atoms with van der Waals surface area (Å²) in [5.41, 5.74) is 4.25. The van der Waals surface area contributed by atoms with E-state index in [2.05, 4.69) is 22.1 Å². The van der Waals surface area contributed by atoms with E-state index in [0.717, 1.165) is 49.1 Å². The number of nitrogens with zero attached hydrogens (tertiary/aromatic N) is 2. The number of aromatic hydroxyl groups is 2. The van der Waals surface area contributed by atoms with Gasteiger partial charge in [-0.25, -0.2) is 9.78 Å². The number of aromatic amines is 1. The number of aryl methyl sites for hydroxylation is 1. The highest BCUT2D eigenvalue weighted by Gasteiger charge is 2.57. The van der Waals surface area contributed by atoms with E-state index in [1.807, 2.05) is 12.1 Å². The molecule has 1 amide bonds. The van der Waals surface area contributed by atoms with Crippen molar-refractivity contribution < 1.29 is 59.9 Å². The smallest absolute Gasteiger partial charge is 0.355 e. The number of carbonyl (C=O) groups is 2. The molecule has 0 spiro atoms. The first-order valence-electron chi connectivity index (χ1n) is 19.6. The molecule has 15 heteroatoms. The SMILES string of the molecule is O=C(O)[C@H]1[C@@H](C[C@]23CCCC[C@@H]2CCc2ccccc23)c2cc(O)c(O[C@]3(O)O[C@H](CO)[C@@H](O)[C@H](O)[C@H]3O)cc2N1C(=O)/C=C/c1ccc(O)c(Cc2cnc[nH]2)c1. The van der Waals surface area contributed by atoms with Gasteiger partial charge in [-0.1, -0.05) is 43.2 Å². The molecule has 1 aromatic heterocycles. The van der Waals surface area contributed by atoms with Gasteiger partial charge in [0.05, 0.1) is 18.6 Å². The maximum Gasteiger partial charge on any atom is 0.355 e. The largest absolute Gasteiger partial charge is 0.508 e. The number of H-pyrrole nitrogens is 1. The molecule has 2 aliphatic carbocycles. The second-order valence-electron chi connectivity index (χ2n) is 15.9. The number of aliphatic carboxylic acids is 1. The first-order chi connectivity index (χ1) is 27.8. The van der Waals surface area contributed by atoms with Gasteiger partial charge in [-0.15, -0.1) is 0 Å². The Morgan fingerprint density at radius 1 is 1.02 bits per heavy atom. The fourth-order valence-corrected chi connectivity index (χ4v) is 9.88. The van der Waals surface area contributed by atoms with Crippen molar-refractivity contribution in [3.8, 4) is 17.2 Å². The summed E-state index contributed by atoms with van der Waals surface area (Å²) >= 11 is 0. The van der Waals surface area contributed by atoms with Crippen molar-refractivity contribution >= 4 is 23.6 Å². The molecule has 1 saturated heterocycles. The number of fused-ring (bicyclic) bond motifs is 4. The fourth-order valence-electron chi connectivity index (χ4n) is 9.88. The van der Waals surface area contributed by atoms with Crippen molar-refractivity contribution in [2.24, 2.45) is 5.92 Å². The molecule has 0 radical (unpaired) electrons. The van der Waals surface area contributed by atoms with Gasteiger partial charge in [0.1, 0.15) is 30.1 Å². The van der Waals surface area contributed by atoms with Gasteiger partial charge in [-0.3, -0.25) is 9.69 Å². The molecule has 15 nitrogen and oxygen atoms in total. The minimum atomic E-state index is -3.09. The number of benzene rings is 3. The summed E-state index contributed by atoms with van der Waals surface area (Å²) in [5.74, 6) is -6.73. The summed E-state index contributed by atoms with van der Waals surface area (Å²) in [7, 11) is 0. The molecule has 3 heterocycles. The third-order valence-corrected chi connectivity index (χ3v) is 12.7. The molecule has 9 atom stereocenters. The average Bonchev–Trinajstić information content (AvgIpc) is 3.84. The number of aliphatic hydroxyl groups excluding tert-OH is 4. The van der Waals surface area contributed by atoms with E-state index in [0.29, 0.717) is 29.5 Å². The highest BCUT2D eigenvalue weighted by atomic mass is 16.8. The molecule has 58 heavy (non-hydrogen) atoms. The Labute approximate surface area is 333 Å². The zero-order chi connectivity index (χ0) is 40.9. The van der Waals surface area contributed by atoms with Crippen LogP contribution in [0.15, 0.2) is 73.2 Å². The Morgan fingerprint density at radius 3 is 2.59 bits per heavy atom. The van der Waals surface area contributed by atoms with Crippen LogP contribution in [-0.4, -0.2) is 106 Å². The minimum absolute atomic E-state index is 0.0402. The lowest BCUT2D eigenvalue weighted by molar-refractivity contribution is -0.422. The van der Waals surface area contributed by atoms with Gasteiger partial charge in [0.25, 0.3) is 5.91 Å². The van der Waals surface area contributed by atoms with E-state index in [-0.39, 0.29) is 17.4 Å². The number of hydrogen-bond donors (Lipinski definition) is 9. The predicted octanol–water partition coefficient (Wildman–Crippen LogP) is 2.97. The molecule has 1 saturated carbocycles. The first-order valence-corrected chi connectivity index (χ1v) is 19.6. The van der Waals surface area contributed by atoms with Gasteiger partial charge in [0, 0.05) is 41.9 Å². The van der Waals surface area contributed by atoms with Gasteiger partial charge in [0.2, 0.25) is 0 Å². The summed E-state index contributed by atoms with van der Waals surface area (Å²) in [6.07, 6.45) is 4.50. The van der Waals surface area contributed by atoms with Crippen LogP contribution in [-0.2, 0) is 32.6 Å².